The summed E-state index contributed by atoms with van der Waals surface area (Å²) in [4.78, 5) is 0. The van der Waals surface area contributed by atoms with Gasteiger partial charge in [-0.1, -0.05) is 96.5 Å². The van der Waals surface area contributed by atoms with E-state index in [2.05, 4.69) is 49.0 Å². The molecule has 1 heterocycles. The van der Waals surface area contributed by atoms with Gasteiger partial charge in [-0.3, -0.25) is 0 Å². The number of unbranched alkanes of at least 4 members (excludes halogenated alkanes) is 13. The van der Waals surface area contributed by atoms with Crippen molar-refractivity contribution in [2.24, 2.45) is 0 Å². The first-order chi connectivity index (χ1) is 12.8. The highest BCUT2D eigenvalue weighted by atomic mass is 79.9. The molecule has 0 bridgehead atoms. The van der Waals surface area contributed by atoms with E-state index in [9.17, 15) is 0 Å². The first-order valence-electron chi connectivity index (χ1n) is 11.4. The Kier molecular flexibility index (Phi) is 20.0. The zero-order valence-corrected chi connectivity index (χ0v) is 19.6. The van der Waals surface area contributed by atoms with Crippen molar-refractivity contribution in [3.05, 3.63) is 30.6 Å². The van der Waals surface area contributed by atoms with E-state index < -0.39 is 0 Å². The molecule has 0 aliphatic carbocycles. The lowest BCUT2D eigenvalue weighted by molar-refractivity contribution is -0.721. The van der Waals surface area contributed by atoms with Crippen LogP contribution in [0.25, 0.3) is 0 Å². The molecule has 1 aromatic heterocycles. The van der Waals surface area contributed by atoms with Crippen molar-refractivity contribution >= 4 is 0 Å². The summed E-state index contributed by atoms with van der Waals surface area (Å²) in [5, 5.41) is 0. The second-order valence-corrected chi connectivity index (χ2v) is 7.84. The van der Waals surface area contributed by atoms with Gasteiger partial charge in [-0.25, -0.2) is 4.57 Å². The highest BCUT2D eigenvalue weighted by Gasteiger charge is 2.10. The molecule has 2 nitrogen and oxygen atoms in total. The summed E-state index contributed by atoms with van der Waals surface area (Å²) in [6.45, 7) is 6.23. The summed E-state index contributed by atoms with van der Waals surface area (Å²) in [7, 11) is 0. The number of halogens is 1. The lowest BCUT2D eigenvalue weighted by Gasteiger charge is -2.08. The van der Waals surface area contributed by atoms with Crippen LogP contribution in [0.3, 0.4) is 0 Å². The van der Waals surface area contributed by atoms with Crippen LogP contribution in [0.15, 0.2) is 30.6 Å². The molecule has 0 aliphatic heterocycles. The standard InChI is InChI=1S/C24H44NO.BrH/c1-3-4-5-6-7-8-9-10-11-12-13-14-15-19-22-26-23-24(2)25-20-17-16-18-21-25;/h16-18,20-21,24H,3-15,19,22-23H2,1-2H3;1H/q+1;/p-1. The van der Waals surface area contributed by atoms with Crippen molar-refractivity contribution in [3.63, 3.8) is 0 Å². The fraction of sp³-hybridized carbons (Fsp3) is 0.792. The third-order valence-electron chi connectivity index (χ3n) is 5.25. The lowest BCUT2D eigenvalue weighted by atomic mass is 10.0. The number of pyridine rings is 1. The van der Waals surface area contributed by atoms with Gasteiger partial charge in [0.15, 0.2) is 18.4 Å². The van der Waals surface area contributed by atoms with Gasteiger partial charge >= 0.3 is 0 Å². The topological polar surface area (TPSA) is 13.1 Å². The largest absolute Gasteiger partial charge is 1.00 e. The Balaban J connectivity index is 0.00000676. The van der Waals surface area contributed by atoms with Crippen molar-refractivity contribution in [2.75, 3.05) is 13.2 Å². The van der Waals surface area contributed by atoms with Crippen molar-refractivity contribution < 1.29 is 26.3 Å². The molecule has 1 atom stereocenters. The normalized spacial score (nSPS) is 11.9. The molecule has 1 aromatic rings. The van der Waals surface area contributed by atoms with Gasteiger partial charge < -0.3 is 21.7 Å². The zero-order chi connectivity index (χ0) is 18.7. The SMILES string of the molecule is CCCCCCCCCCCCCCCCOCC(C)[n+]1ccccc1.[Br-]. The van der Waals surface area contributed by atoms with Crippen LogP contribution < -0.4 is 21.5 Å². The fourth-order valence-corrected chi connectivity index (χ4v) is 3.44. The van der Waals surface area contributed by atoms with E-state index in [4.69, 9.17) is 4.74 Å². The predicted molar refractivity (Wildman–Crippen MR) is 112 cm³/mol. The quantitative estimate of drug-likeness (QED) is 0.247. The van der Waals surface area contributed by atoms with Crippen molar-refractivity contribution in [1.29, 1.82) is 0 Å². The van der Waals surface area contributed by atoms with E-state index in [-0.39, 0.29) is 17.0 Å². The highest BCUT2D eigenvalue weighted by Crippen LogP contribution is 2.13. The summed E-state index contributed by atoms with van der Waals surface area (Å²) in [5.41, 5.74) is 0. The Hall–Kier alpha value is -0.410. The monoisotopic (exact) mass is 441 g/mol. The molecule has 1 rings (SSSR count). The van der Waals surface area contributed by atoms with E-state index in [0.717, 1.165) is 13.2 Å². The molecule has 3 heteroatoms. The Morgan fingerprint density at radius 1 is 0.667 bits per heavy atom. The van der Waals surface area contributed by atoms with E-state index in [1.807, 2.05) is 0 Å². The molecular weight excluding hydrogens is 398 g/mol. The van der Waals surface area contributed by atoms with E-state index >= 15 is 0 Å². The molecule has 0 amide bonds. The number of hydrogen-bond acceptors (Lipinski definition) is 1. The van der Waals surface area contributed by atoms with Crippen LogP contribution in [0, 0.1) is 0 Å². The number of aromatic nitrogens is 1. The molecule has 0 N–H and O–H groups in total. The van der Waals surface area contributed by atoms with Crippen molar-refractivity contribution in [3.8, 4) is 0 Å². The Labute approximate surface area is 179 Å². The van der Waals surface area contributed by atoms with Crippen LogP contribution in [0.4, 0.5) is 0 Å². The van der Waals surface area contributed by atoms with Gasteiger partial charge in [-0.05, 0) is 6.42 Å². The van der Waals surface area contributed by atoms with Crippen LogP contribution in [0.5, 0.6) is 0 Å². The first kappa shape index (κ1) is 26.6. The van der Waals surface area contributed by atoms with Crippen LogP contribution in [0.2, 0.25) is 0 Å². The van der Waals surface area contributed by atoms with Gasteiger partial charge in [0, 0.05) is 25.7 Å². The molecule has 0 fully saturated rings. The molecule has 158 valence electrons. The third kappa shape index (κ3) is 16.3. The zero-order valence-electron chi connectivity index (χ0n) is 18.0. The number of ether oxygens (including phenoxy) is 1. The van der Waals surface area contributed by atoms with Crippen molar-refractivity contribution in [2.45, 2.75) is 110 Å². The smallest absolute Gasteiger partial charge is 0.178 e. The van der Waals surface area contributed by atoms with E-state index in [1.54, 1.807) is 0 Å². The molecule has 1 unspecified atom stereocenters. The second-order valence-electron chi connectivity index (χ2n) is 7.84. The molecule has 0 saturated carbocycles. The predicted octanol–water partition coefficient (Wildman–Crippen LogP) is 4.04. The number of rotatable bonds is 18. The molecule has 0 spiro atoms. The molecule has 27 heavy (non-hydrogen) atoms. The minimum Gasteiger partial charge on any atom is -1.00 e. The molecule has 0 saturated heterocycles. The minimum atomic E-state index is 0. The Bertz CT molecular complexity index is 399. The molecule has 0 aromatic carbocycles. The van der Waals surface area contributed by atoms with Crippen molar-refractivity contribution in [1.82, 2.24) is 0 Å². The maximum Gasteiger partial charge on any atom is 0.178 e. The van der Waals surface area contributed by atoms with Gasteiger partial charge in [0.1, 0.15) is 6.61 Å². The Morgan fingerprint density at radius 2 is 1.11 bits per heavy atom. The summed E-state index contributed by atoms with van der Waals surface area (Å²) >= 11 is 0. The summed E-state index contributed by atoms with van der Waals surface area (Å²) in [6, 6.07) is 6.62. The van der Waals surface area contributed by atoms with E-state index in [1.165, 1.54) is 89.9 Å². The number of nitrogens with zero attached hydrogens (tertiary/aromatic N) is 1. The summed E-state index contributed by atoms with van der Waals surface area (Å²) < 4.78 is 8.05. The fourth-order valence-electron chi connectivity index (χ4n) is 3.44. The molecule has 0 radical (unpaired) electrons. The maximum atomic E-state index is 5.84. The van der Waals surface area contributed by atoms with Gasteiger partial charge in [0.25, 0.3) is 0 Å². The maximum absolute atomic E-state index is 5.84. The molecule has 0 aliphatic rings. The van der Waals surface area contributed by atoms with Crippen LogP contribution >= 0.6 is 0 Å². The second kappa shape index (κ2) is 20.3. The lowest BCUT2D eigenvalue weighted by Crippen LogP contribution is -3.00. The third-order valence-corrected chi connectivity index (χ3v) is 5.25. The van der Waals surface area contributed by atoms with Gasteiger partial charge in [0.2, 0.25) is 0 Å². The number of hydrogen-bond donors (Lipinski definition) is 0. The van der Waals surface area contributed by atoms with Gasteiger partial charge in [-0.15, -0.1) is 0 Å². The first-order valence-corrected chi connectivity index (χ1v) is 11.4. The van der Waals surface area contributed by atoms with Crippen LogP contribution in [0.1, 0.15) is 110 Å². The summed E-state index contributed by atoms with van der Waals surface area (Å²) in [6.07, 6.45) is 23.9. The van der Waals surface area contributed by atoms with Gasteiger partial charge in [0.05, 0.1) is 0 Å². The summed E-state index contributed by atoms with van der Waals surface area (Å²) in [5.74, 6) is 0. The Morgan fingerprint density at radius 3 is 1.59 bits per heavy atom. The highest BCUT2D eigenvalue weighted by molar-refractivity contribution is 4.83. The average Bonchev–Trinajstić information content (AvgIpc) is 2.68. The minimum absolute atomic E-state index is 0. The molecular formula is C24H44BrNO. The van der Waals surface area contributed by atoms with Crippen LogP contribution in [-0.2, 0) is 4.74 Å². The van der Waals surface area contributed by atoms with E-state index in [0.29, 0.717) is 6.04 Å². The average molecular weight is 443 g/mol. The van der Waals surface area contributed by atoms with Gasteiger partial charge in [-0.2, -0.15) is 0 Å². The van der Waals surface area contributed by atoms with Crippen LogP contribution in [-0.4, -0.2) is 13.2 Å².